The van der Waals surface area contributed by atoms with Gasteiger partial charge >= 0.3 is 0 Å². The Balaban J connectivity index is 2.07. The minimum absolute atomic E-state index is 0.00786. The number of hydrogen-bond acceptors (Lipinski definition) is 9. The van der Waals surface area contributed by atoms with Crippen molar-refractivity contribution in [2.45, 2.75) is 22.8 Å². The SMILES string of the molecule is Nc1nc(N)c2ncn(C3S[C@H](CO)[C@H](O)[C@H]3O)c2n1. The molecule has 0 amide bonds. The van der Waals surface area contributed by atoms with E-state index in [0.29, 0.717) is 11.2 Å². The van der Waals surface area contributed by atoms with Crippen molar-refractivity contribution >= 4 is 34.7 Å². The van der Waals surface area contributed by atoms with Crippen LogP contribution < -0.4 is 11.5 Å². The summed E-state index contributed by atoms with van der Waals surface area (Å²) in [5, 5.41) is 28.1. The predicted molar refractivity (Wildman–Crippen MR) is 73.7 cm³/mol. The summed E-state index contributed by atoms with van der Waals surface area (Å²) in [6, 6.07) is 0. The van der Waals surface area contributed by atoms with Crippen molar-refractivity contribution in [1.29, 1.82) is 0 Å². The molecule has 3 rings (SSSR count). The van der Waals surface area contributed by atoms with Gasteiger partial charge in [0.1, 0.15) is 17.0 Å². The van der Waals surface area contributed by atoms with E-state index in [2.05, 4.69) is 15.0 Å². The first kappa shape index (κ1) is 13.4. The predicted octanol–water partition coefficient (Wildman–Crippen LogP) is -1.68. The Bertz CT molecular complexity index is 649. The van der Waals surface area contributed by atoms with Gasteiger partial charge in [-0.25, -0.2) is 4.98 Å². The largest absolute Gasteiger partial charge is 0.395 e. The molecule has 1 aliphatic rings. The van der Waals surface area contributed by atoms with E-state index in [9.17, 15) is 15.3 Å². The molecule has 1 aliphatic heterocycles. The zero-order valence-corrected chi connectivity index (χ0v) is 11.1. The number of anilines is 2. The van der Waals surface area contributed by atoms with E-state index >= 15 is 0 Å². The van der Waals surface area contributed by atoms with Gasteiger partial charge in [0.15, 0.2) is 11.5 Å². The monoisotopic (exact) mass is 298 g/mol. The Labute approximate surface area is 117 Å². The number of aliphatic hydroxyl groups is 3. The van der Waals surface area contributed by atoms with Crippen molar-refractivity contribution < 1.29 is 15.3 Å². The normalized spacial score (nSPS) is 30.1. The summed E-state index contributed by atoms with van der Waals surface area (Å²) in [6.07, 6.45) is -0.612. The minimum atomic E-state index is -1.05. The summed E-state index contributed by atoms with van der Waals surface area (Å²) in [7, 11) is 0. The van der Waals surface area contributed by atoms with Gasteiger partial charge in [-0.1, -0.05) is 0 Å². The molecular weight excluding hydrogens is 284 g/mol. The van der Waals surface area contributed by atoms with Gasteiger partial charge in [0.2, 0.25) is 5.95 Å². The van der Waals surface area contributed by atoms with E-state index in [0.717, 1.165) is 0 Å². The van der Waals surface area contributed by atoms with E-state index in [1.807, 2.05) is 0 Å². The van der Waals surface area contributed by atoms with Crippen molar-refractivity contribution in [3.05, 3.63) is 6.33 Å². The second-order valence-corrected chi connectivity index (χ2v) is 5.88. The summed E-state index contributed by atoms with van der Waals surface area (Å²) in [5.74, 6) is 0.163. The number of imidazole rings is 1. The number of aromatic nitrogens is 4. The molecule has 0 spiro atoms. The van der Waals surface area contributed by atoms with Gasteiger partial charge in [0.25, 0.3) is 0 Å². The highest BCUT2D eigenvalue weighted by Crippen LogP contribution is 2.42. The Morgan fingerprint density at radius 1 is 1.25 bits per heavy atom. The maximum Gasteiger partial charge on any atom is 0.224 e. The number of thioether (sulfide) groups is 1. The fraction of sp³-hybridized carbons (Fsp3) is 0.500. The second kappa shape index (κ2) is 4.74. The summed E-state index contributed by atoms with van der Waals surface area (Å²) in [6.45, 7) is -0.231. The molecule has 0 aliphatic carbocycles. The van der Waals surface area contributed by atoms with Crippen molar-refractivity contribution in [2.75, 3.05) is 18.1 Å². The van der Waals surface area contributed by atoms with Crippen LogP contribution in [0.5, 0.6) is 0 Å². The summed E-state index contributed by atoms with van der Waals surface area (Å²) in [5.41, 5.74) is 12.1. The lowest BCUT2D eigenvalue weighted by atomic mass is 10.1. The number of fused-ring (bicyclic) bond motifs is 1. The zero-order valence-electron chi connectivity index (χ0n) is 10.3. The fourth-order valence-electron chi connectivity index (χ4n) is 2.25. The molecule has 1 fully saturated rings. The van der Waals surface area contributed by atoms with Crippen molar-refractivity contribution in [1.82, 2.24) is 19.5 Å². The number of aliphatic hydroxyl groups excluding tert-OH is 3. The van der Waals surface area contributed by atoms with Crippen LogP contribution >= 0.6 is 11.8 Å². The smallest absolute Gasteiger partial charge is 0.224 e. The highest BCUT2D eigenvalue weighted by atomic mass is 32.2. The van der Waals surface area contributed by atoms with Gasteiger partial charge in [-0.05, 0) is 0 Å². The molecule has 9 nitrogen and oxygen atoms in total. The van der Waals surface area contributed by atoms with Gasteiger partial charge in [-0.3, -0.25) is 4.57 Å². The Morgan fingerprint density at radius 2 is 2.00 bits per heavy atom. The topological polar surface area (TPSA) is 156 Å². The minimum Gasteiger partial charge on any atom is -0.395 e. The summed E-state index contributed by atoms with van der Waals surface area (Å²) >= 11 is 1.24. The number of nitrogens with two attached hydrogens (primary N) is 2. The van der Waals surface area contributed by atoms with Gasteiger partial charge in [-0.15, -0.1) is 11.8 Å². The molecule has 4 atom stereocenters. The van der Waals surface area contributed by atoms with Crippen LogP contribution in [0, 0.1) is 0 Å². The van der Waals surface area contributed by atoms with Gasteiger partial charge in [-0.2, -0.15) is 9.97 Å². The molecule has 20 heavy (non-hydrogen) atoms. The van der Waals surface area contributed by atoms with Crippen molar-refractivity contribution in [3.63, 3.8) is 0 Å². The molecule has 0 aromatic carbocycles. The molecule has 0 bridgehead atoms. The highest BCUT2D eigenvalue weighted by molar-refractivity contribution is 8.00. The molecule has 108 valence electrons. The summed E-state index contributed by atoms with van der Waals surface area (Å²) < 4.78 is 1.58. The van der Waals surface area contributed by atoms with Crippen LogP contribution in [0.15, 0.2) is 6.33 Å². The first-order valence-corrected chi connectivity index (χ1v) is 6.85. The molecule has 10 heteroatoms. The van der Waals surface area contributed by atoms with E-state index in [-0.39, 0.29) is 18.4 Å². The average Bonchev–Trinajstić information content (AvgIpc) is 2.93. The molecule has 2 aromatic heterocycles. The maximum atomic E-state index is 10.1. The third-order valence-electron chi connectivity index (χ3n) is 3.26. The summed E-state index contributed by atoms with van der Waals surface area (Å²) in [4.78, 5) is 12.0. The molecule has 1 saturated heterocycles. The number of nitrogen functional groups attached to an aromatic ring is 2. The lowest BCUT2D eigenvalue weighted by Gasteiger charge is -2.17. The van der Waals surface area contributed by atoms with Crippen LogP contribution in [0.3, 0.4) is 0 Å². The number of nitrogens with zero attached hydrogens (tertiary/aromatic N) is 4. The first-order chi connectivity index (χ1) is 9.52. The van der Waals surface area contributed by atoms with E-state index < -0.39 is 22.8 Å². The fourth-order valence-corrected chi connectivity index (χ4v) is 3.63. The van der Waals surface area contributed by atoms with Crippen molar-refractivity contribution in [3.8, 4) is 0 Å². The van der Waals surface area contributed by atoms with Crippen LogP contribution in [0.2, 0.25) is 0 Å². The standard InChI is InChI=1S/C10H14N6O3S/c11-7-4-8(15-10(12)14-7)16(2-13-4)9-6(19)5(18)3(1-17)20-9/h2-3,5-6,9,17-19H,1H2,(H4,11,12,14,15)/t3-,5+,6-,9?/m1/s1. The van der Waals surface area contributed by atoms with Crippen LogP contribution in [0.25, 0.3) is 11.2 Å². The van der Waals surface area contributed by atoms with Crippen molar-refractivity contribution in [2.24, 2.45) is 0 Å². The van der Waals surface area contributed by atoms with Crippen LogP contribution in [0.4, 0.5) is 11.8 Å². The lowest BCUT2D eigenvalue weighted by molar-refractivity contribution is 0.0113. The maximum absolute atomic E-state index is 10.1. The van der Waals surface area contributed by atoms with Crippen LogP contribution in [0.1, 0.15) is 5.37 Å². The molecular formula is C10H14N6O3S. The zero-order chi connectivity index (χ0) is 14.4. The molecule has 0 radical (unpaired) electrons. The molecule has 0 saturated carbocycles. The molecule has 2 aromatic rings. The Morgan fingerprint density at radius 3 is 2.65 bits per heavy atom. The van der Waals surface area contributed by atoms with Crippen LogP contribution in [-0.2, 0) is 0 Å². The number of rotatable bonds is 2. The number of hydrogen-bond donors (Lipinski definition) is 5. The first-order valence-electron chi connectivity index (χ1n) is 5.91. The molecule has 7 N–H and O–H groups in total. The average molecular weight is 298 g/mol. The second-order valence-electron chi connectivity index (χ2n) is 4.52. The lowest BCUT2D eigenvalue weighted by Crippen LogP contribution is -2.32. The van der Waals surface area contributed by atoms with Gasteiger partial charge < -0.3 is 26.8 Å². The van der Waals surface area contributed by atoms with Gasteiger partial charge in [0, 0.05) is 0 Å². The third-order valence-corrected chi connectivity index (χ3v) is 4.82. The van der Waals surface area contributed by atoms with E-state index in [4.69, 9.17) is 11.5 Å². The van der Waals surface area contributed by atoms with Gasteiger partial charge in [0.05, 0.1) is 24.3 Å². The quantitative estimate of drug-likeness (QED) is 0.436. The molecule has 3 heterocycles. The Hall–Kier alpha value is -1.62. The van der Waals surface area contributed by atoms with Crippen LogP contribution in [-0.4, -0.2) is 58.9 Å². The highest BCUT2D eigenvalue weighted by Gasteiger charge is 2.43. The van der Waals surface area contributed by atoms with E-state index in [1.165, 1.54) is 18.1 Å². The third kappa shape index (κ3) is 1.88. The van der Waals surface area contributed by atoms with E-state index in [1.54, 1.807) is 4.57 Å². The molecule has 1 unspecified atom stereocenters. The Kier molecular flexibility index (Phi) is 3.17.